The van der Waals surface area contributed by atoms with E-state index in [4.69, 9.17) is 14.9 Å². The zero-order chi connectivity index (χ0) is 4.28. The average Bonchev–Trinajstić information content (AvgIpc) is 1.38. The Bertz CT molecular complexity index is 125. The van der Waals surface area contributed by atoms with E-state index in [1.165, 1.54) is 0 Å². The van der Waals surface area contributed by atoms with Crippen molar-refractivity contribution in [3.63, 3.8) is 0 Å². The number of rotatable bonds is 0. The quantitative estimate of drug-likeness (QED) is 0.423. The molecular weight excluding hydrogens is 88.1 g/mol. The van der Waals surface area contributed by atoms with Gasteiger partial charge in [-0.25, -0.2) is 4.78 Å². The molecule has 28 valence electrons. The Morgan fingerprint density at radius 1 is 1.80 bits per heavy atom. The van der Waals surface area contributed by atoms with Gasteiger partial charge < -0.3 is 0 Å². The maximum absolute atomic E-state index is 7.70. The van der Waals surface area contributed by atoms with Crippen LogP contribution in [-0.2, 0) is 10.5 Å². The van der Waals surface area contributed by atoms with Gasteiger partial charge in [0.2, 0.25) is 0 Å². The minimum atomic E-state index is -1.78. The molecule has 0 rings (SSSR count). The summed E-state index contributed by atoms with van der Waals surface area (Å²) >= 11 is 0. The second kappa shape index (κ2) is 1.63. The van der Waals surface area contributed by atoms with Crippen molar-refractivity contribution < 1.29 is 0 Å². The molecule has 0 spiro atoms. The van der Waals surface area contributed by atoms with Crippen molar-refractivity contribution >= 4 is 10.5 Å². The second-order valence-corrected chi connectivity index (χ2v) is 1.07. The molecule has 0 aromatic carbocycles. The lowest BCUT2D eigenvalue weighted by Crippen LogP contribution is -1.39. The SMILES string of the molecule is N#S(=N)N=N. The minimum absolute atomic E-state index is 1.78. The largest absolute Gasteiger partial charge is 0.210 e. The van der Waals surface area contributed by atoms with Gasteiger partial charge >= 0.3 is 0 Å². The average molecular weight is 90.1 g/mol. The Kier molecular flexibility index (Phi) is 1.41. The maximum atomic E-state index is 7.70. The highest BCUT2D eigenvalue weighted by Crippen LogP contribution is 1.54. The molecule has 0 saturated heterocycles. The van der Waals surface area contributed by atoms with Gasteiger partial charge in [-0.3, -0.25) is 0 Å². The van der Waals surface area contributed by atoms with Crippen molar-refractivity contribution in [2.75, 3.05) is 0 Å². The molecule has 0 amide bonds. The van der Waals surface area contributed by atoms with Gasteiger partial charge in [-0.05, 0) is 0 Å². The normalized spacial score (nSPS) is 6.20. The van der Waals surface area contributed by atoms with Gasteiger partial charge in [0.1, 0.15) is 0 Å². The van der Waals surface area contributed by atoms with Crippen molar-refractivity contribution in [1.82, 2.24) is 0 Å². The van der Waals surface area contributed by atoms with Gasteiger partial charge in [-0.15, -0.1) is 4.61 Å². The maximum Gasteiger partial charge on any atom is 0.184 e. The van der Waals surface area contributed by atoms with E-state index in [0.29, 0.717) is 0 Å². The lowest BCUT2D eigenvalue weighted by atomic mass is 13.3. The smallest absolute Gasteiger partial charge is 0.184 e. The molecule has 0 aliphatic rings. The molecule has 0 heterocycles. The molecule has 2 N–H and O–H groups in total. The Labute approximate surface area is 31.0 Å². The zero-order valence-electron chi connectivity index (χ0n) is 2.30. The van der Waals surface area contributed by atoms with Crippen LogP contribution in [0, 0.1) is 14.9 Å². The summed E-state index contributed by atoms with van der Waals surface area (Å²) < 4.78 is 16.1. The zero-order valence-corrected chi connectivity index (χ0v) is 3.12. The monoisotopic (exact) mass is 90.0 g/mol. The van der Waals surface area contributed by atoms with Crippen LogP contribution in [0.2, 0.25) is 0 Å². The predicted octanol–water partition coefficient (Wildman–Crippen LogP) is 0.792. The number of nitrogens with zero attached hydrogens (tertiary/aromatic N) is 2. The van der Waals surface area contributed by atoms with Crippen LogP contribution in [0.5, 0.6) is 0 Å². The lowest BCUT2D eigenvalue weighted by molar-refractivity contribution is 1.24. The van der Waals surface area contributed by atoms with Crippen molar-refractivity contribution in [1.29, 1.82) is 14.9 Å². The fourth-order valence-electron chi connectivity index (χ4n) is 0. The molecule has 0 radical (unpaired) electrons. The molecule has 5 heavy (non-hydrogen) atoms. The Morgan fingerprint density at radius 2 is 2.00 bits per heavy atom. The predicted molar refractivity (Wildman–Crippen MR) is 17.0 cm³/mol. The third-order valence-corrected chi connectivity index (χ3v) is 0.259. The van der Waals surface area contributed by atoms with E-state index in [2.05, 4.69) is 4.52 Å². The Balaban J connectivity index is 3.90. The van der Waals surface area contributed by atoms with Crippen molar-refractivity contribution in [2.45, 2.75) is 0 Å². The lowest BCUT2D eigenvalue weighted by Gasteiger charge is -1.46. The fourth-order valence-corrected chi connectivity index (χ4v) is 0. The topological polar surface area (TPSA) is 83.8 Å². The van der Waals surface area contributed by atoms with Crippen LogP contribution in [0.4, 0.5) is 0 Å². The van der Waals surface area contributed by atoms with Gasteiger partial charge in [-0.1, -0.05) is 4.52 Å². The van der Waals surface area contributed by atoms with Gasteiger partial charge in [-0.2, -0.15) is 5.53 Å². The minimum Gasteiger partial charge on any atom is -0.210 e. The van der Waals surface area contributed by atoms with Crippen LogP contribution in [0.15, 0.2) is 4.52 Å². The third kappa shape index (κ3) is 3.33. The van der Waals surface area contributed by atoms with Crippen molar-refractivity contribution in [2.24, 2.45) is 4.52 Å². The van der Waals surface area contributed by atoms with Gasteiger partial charge in [0.15, 0.2) is 10.5 Å². The van der Waals surface area contributed by atoms with Crippen LogP contribution >= 0.6 is 0 Å². The first kappa shape index (κ1) is 4.33. The summed E-state index contributed by atoms with van der Waals surface area (Å²) in [5.74, 6) is 0. The molecule has 0 saturated carbocycles. The van der Waals surface area contributed by atoms with E-state index in [-0.39, 0.29) is 0 Å². The molecule has 4 nitrogen and oxygen atoms in total. The first-order chi connectivity index (χ1) is 2.27. The van der Waals surface area contributed by atoms with Crippen LogP contribution < -0.4 is 0 Å². The molecular formula is H2N4S. The molecule has 0 aliphatic heterocycles. The molecule has 0 aliphatic carbocycles. The highest BCUT2D eigenvalue weighted by Gasteiger charge is 1.49. The summed E-state index contributed by atoms with van der Waals surface area (Å²) in [5, 5.41) is 0. The molecule has 0 aromatic rings. The molecule has 0 atom stereocenters. The number of nitrogens with one attached hydrogen (secondary N) is 2. The van der Waals surface area contributed by atoms with E-state index in [0.717, 1.165) is 0 Å². The Morgan fingerprint density at radius 3 is 2.00 bits per heavy atom. The van der Waals surface area contributed by atoms with E-state index in [1.807, 2.05) is 0 Å². The highest BCUT2D eigenvalue weighted by molar-refractivity contribution is 7.70. The van der Waals surface area contributed by atoms with Crippen molar-refractivity contribution in [3.05, 3.63) is 0 Å². The van der Waals surface area contributed by atoms with Crippen LogP contribution in [0.3, 0.4) is 0 Å². The molecule has 5 heteroatoms. The van der Waals surface area contributed by atoms with Gasteiger partial charge in [0, 0.05) is 0 Å². The van der Waals surface area contributed by atoms with E-state index in [1.54, 1.807) is 0 Å². The van der Waals surface area contributed by atoms with E-state index >= 15 is 0 Å². The van der Waals surface area contributed by atoms with E-state index < -0.39 is 10.5 Å². The van der Waals surface area contributed by atoms with Crippen LogP contribution in [0.1, 0.15) is 0 Å². The first-order valence-corrected chi connectivity index (χ1v) is 1.93. The fraction of sp³-hybridized carbons (Fsp3) is 0. The van der Waals surface area contributed by atoms with Crippen molar-refractivity contribution in [3.8, 4) is 0 Å². The second-order valence-electron chi connectivity index (χ2n) is 0.356. The summed E-state index contributed by atoms with van der Waals surface area (Å²) in [5.41, 5.74) is 5.86. The molecule has 0 aromatic heterocycles. The Hall–Kier alpha value is -0.670. The van der Waals surface area contributed by atoms with Gasteiger partial charge in [0.05, 0.1) is 0 Å². The summed E-state index contributed by atoms with van der Waals surface area (Å²) in [4.78, 5) is 0. The summed E-state index contributed by atoms with van der Waals surface area (Å²) in [6.07, 6.45) is 0. The van der Waals surface area contributed by atoms with Crippen LogP contribution in [-0.4, -0.2) is 0 Å². The first-order valence-electron chi connectivity index (χ1n) is 0.793. The van der Waals surface area contributed by atoms with E-state index in [9.17, 15) is 0 Å². The van der Waals surface area contributed by atoms with Crippen LogP contribution in [0.25, 0.3) is 0 Å². The summed E-state index contributed by atoms with van der Waals surface area (Å²) in [6.45, 7) is 0. The molecule has 0 bridgehead atoms. The molecule has 0 fully saturated rings. The molecule has 0 unspecified atom stereocenters. The number of hydrogen-bond donors (Lipinski definition) is 2. The summed E-state index contributed by atoms with van der Waals surface area (Å²) in [6, 6.07) is 0. The summed E-state index contributed by atoms with van der Waals surface area (Å²) in [7, 11) is -1.78. The third-order valence-electron chi connectivity index (χ3n) is 0.0865. The highest BCUT2D eigenvalue weighted by atomic mass is 32.2. The number of hydrogen-bond acceptors (Lipinski definition) is 3. The standard InChI is InChI=1S/H2N4S/c1-4-5(2)3/h1-2H. The van der Waals surface area contributed by atoms with Gasteiger partial charge in [0.25, 0.3) is 0 Å².